The van der Waals surface area contributed by atoms with Gasteiger partial charge in [-0.3, -0.25) is 0 Å². The lowest BCUT2D eigenvalue weighted by atomic mass is 10.0. The van der Waals surface area contributed by atoms with Gasteiger partial charge in [-0.15, -0.1) is 0 Å². The first kappa shape index (κ1) is 11.0. The van der Waals surface area contributed by atoms with Crippen molar-refractivity contribution in [1.82, 2.24) is 4.90 Å². The topological polar surface area (TPSA) is 3.24 Å². The van der Waals surface area contributed by atoms with Crippen molar-refractivity contribution >= 4 is 0 Å². The lowest BCUT2D eigenvalue weighted by Crippen LogP contribution is -2.35. The summed E-state index contributed by atoms with van der Waals surface area (Å²) >= 11 is 0. The molecular formula is C12H25N. The molecule has 78 valence electrons. The van der Waals surface area contributed by atoms with Crippen molar-refractivity contribution < 1.29 is 0 Å². The van der Waals surface area contributed by atoms with Crippen LogP contribution in [-0.4, -0.2) is 24.0 Å². The summed E-state index contributed by atoms with van der Waals surface area (Å²) in [5, 5.41) is 0. The SMILES string of the molecule is CCC(CC)N1CCC[C@@H](C)CC1. The predicted octanol–water partition coefficient (Wildman–Crippen LogP) is 3.30. The van der Waals surface area contributed by atoms with E-state index in [4.69, 9.17) is 0 Å². The number of likely N-dealkylation sites (tertiary alicyclic amines) is 1. The number of hydrogen-bond acceptors (Lipinski definition) is 1. The maximum atomic E-state index is 2.71. The Bertz CT molecular complexity index is 129. The minimum absolute atomic E-state index is 0.852. The number of rotatable bonds is 3. The Labute approximate surface area is 83.5 Å². The highest BCUT2D eigenvalue weighted by atomic mass is 15.1. The molecule has 0 amide bonds. The average Bonchev–Trinajstić information content (AvgIpc) is 2.34. The molecule has 0 spiro atoms. The van der Waals surface area contributed by atoms with E-state index in [0.29, 0.717) is 0 Å². The zero-order valence-corrected chi connectivity index (χ0v) is 9.55. The van der Waals surface area contributed by atoms with Gasteiger partial charge in [-0.05, 0) is 51.1 Å². The molecule has 0 aromatic carbocycles. The van der Waals surface area contributed by atoms with Gasteiger partial charge in [0.2, 0.25) is 0 Å². The Morgan fingerprint density at radius 2 is 1.85 bits per heavy atom. The number of nitrogens with zero attached hydrogens (tertiary/aromatic N) is 1. The Kier molecular flexibility index (Phi) is 4.79. The lowest BCUT2D eigenvalue weighted by Gasteiger charge is -2.28. The zero-order valence-electron chi connectivity index (χ0n) is 9.55. The first-order chi connectivity index (χ1) is 6.27. The monoisotopic (exact) mass is 183 g/mol. The molecule has 1 fully saturated rings. The highest BCUT2D eigenvalue weighted by Gasteiger charge is 2.18. The molecule has 0 N–H and O–H groups in total. The molecule has 1 atom stereocenters. The van der Waals surface area contributed by atoms with Crippen LogP contribution >= 0.6 is 0 Å². The zero-order chi connectivity index (χ0) is 9.68. The fourth-order valence-electron chi connectivity index (χ4n) is 2.46. The van der Waals surface area contributed by atoms with Gasteiger partial charge in [0.05, 0.1) is 0 Å². The summed E-state index contributed by atoms with van der Waals surface area (Å²) in [4.78, 5) is 2.71. The molecule has 0 saturated carbocycles. The van der Waals surface area contributed by atoms with E-state index in [2.05, 4.69) is 25.7 Å². The molecule has 0 bridgehead atoms. The summed E-state index contributed by atoms with van der Waals surface area (Å²) in [6.07, 6.45) is 6.92. The van der Waals surface area contributed by atoms with E-state index in [-0.39, 0.29) is 0 Å². The van der Waals surface area contributed by atoms with Gasteiger partial charge in [-0.25, -0.2) is 0 Å². The average molecular weight is 183 g/mol. The second kappa shape index (κ2) is 5.64. The molecule has 0 aromatic rings. The fourth-order valence-corrected chi connectivity index (χ4v) is 2.46. The van der Waals surface area contributed by atoms with Crippen molar-refractivity contribution in [3.05, 3.63) is 0 Å². The Morgan fingerprint density at radius 3 is 2.46 bits per heavy atom. The van der Waals surface area contributed by atoms with E-state index in [1.54, 1.807) is 0 Å². The first-order valence-electron chi connectivity index (χ1n) is 6.02. The van der Waals surface area contributed by atoms with Crippen molar-refractivity contribution in [2.75, 3.05) is 13.1 Å². The molecule has 1 aliphatic rings. The van der Waals surface area contributed by atoms with Crippen molar-refractivity contribution in [3.8, 4) is 0 Å². The van der Waals surface area contributed by atoms with Gasteiger partial charge < -0.3 is 4.90 Å². The van der Waals surface area contributed by atoms with Gasteiger partial charge in [0.15, 0.2) is 0 Å². The molecular weight excluding hydrogens is 158 g/mol. The third-order valence-corrected chi connectivity index (χ3v) is 3.51. The van der Waals surface area contributed by atoms with Crippen LogP contribution in [0.5, 0.6) is 0 Å². The minimum atomic E-state index is 0.852. The van der Waals surface area contributed by atoms with E-state index >= 15 is 0 Å². The van der Waals surface area contributed by atoms with Crippen LogP contribution in [0.1, 0.15) is 52.9 Å². The van der Waals surface area contributed by atoms with Crippen molar-refractivity contribution in [1.29, 1.82) is 0 Å². The highest BCUT2D eigenvalue weighted by Crippen LogP contribution is 2.20. The molecule has 1 nitrogen and oxygen atoms in total. The van der Waals surface area contributed by atoms with E-state index in [9.17, 15) is 0 Å². The molecule has 0 aliphatic carbocycles. The van der Waals surface area contributed by atoms with Gasteiger partial charge in [-0.1, -0.05) is 20.8 Å². The maximum absolute atomic E-state index is 2.71. The van der Waals surface area contributed by atoms with Gasteiger partial charge in [-0.2, -0.15) is 0 Å². The fraction of sp³-hybridized carbons (Fsp3) is 1.00. The van der Waals surface area contributed by atoms with Crippen molar-refractivity contribution in [2.45, 2.75) is 58.9 Å². The van der Waals surface area contributed by atoms with Crippen molar-refractivity contribution in [2.24, 2.45) is 5.92 Å². The molecule has 1 heterocycles. The van der Waals surface area contributed by atoms with Gasteiger partial charge >= 0.3 is 0 Å². The molecule has 1 rings (SSSR count). The van der Waals surface area contributed by atoms with Crippen molar-refractivity contribution in [3.63, 3.8) is 0 Å². The van der Waals surface area contributed by atoms with Crippen LogP contribution in [0.15, 0.2) is 0 Å². The smallest absolute Gasteiger partial charge is 0.00900 e. The third-order valence-electron chi connectivity index (χ3n) is 3.51. The first-order valence-corrected chi connectivity index (χ1v) is 6.02. The van der Waals surface area contributed by atoms with Crippen LogP contribution in [0.4, 0.5) is 0 Å². The molecule has 1 heteroatoms. The van der Waals surface area contributed by atoms with Gasteiger partial charge in [0.25, 0.3) is 0 Å². The Balaban J connectivity index is 2.40. The number of hydrogen-bond donors (Lipinski definition) is 0. The van der Waals surface area contributed by atoms with Crippen LogP contribution in [-0.2, 0) is 0 Å². The van der Waals surface area contributed by atoms with Crippen LogP contribution in [0.2, 0.25) is 0 Å². The van der Waals surface area contributed by atoms with E-state index in [1.165, 1.54) is 45.2 Å². The predicted molar refractivity (Wildman–Crippen MR) is 59.0 cm³/mol. The Morgan fingerprint density at radius 1 is 1.15 bits per heavy atom. The maximum Gasteiger partial charge on any atom is 0.00900 e. The molecule has 13 heavy (non-hydrogen) atoms. The third kappa shape index (κ3) is 3.30. The molecule has 1 aliphatic heterocycles. The summed E-state index contributed by atoms with van der Waals surface area (Å²) in [7, 11) is 0. The van der Waals surface area contributed by atoms with Gasteiger partial charge in [0, 0.05) is 6.04 Å². The minimum Gasteiger partial charge on any atom is -0.300 e. The molecule has 0 unspecified atom stereocenters. The molecule has 1 saturated heterocycles. The largest absolute Gasteiger partial charge is 0.300 e. The van der Waals surface area contributed by atoms with Crippen LogP contribution in [0, 0.1) is 5.92 Å². The lowest BCUT2D eigenvalue weighted by molar-refractivity contribution is 0.191. The standard InChI is InChI=1S/C12H25N/c1-4-12(5-2)13-9-6-7-11(3)8-10-13/h11-12H,4-10H2,1-3H3/t11-/m1/s1. The second-order valence-corrected chi connectivity index (χ2v) is 4.54. The van der Waals surface area contributed by atoms with E-state index in [0.717, 1.165) is 12.0 Å². The normalized spacial score (nSPS) is 26.3. The summed E-state index contributed by atoms with van der Waals surface area (Å²) in [5.41, 5.74) is 0. The summed E-state index contributed by atoms with van der Waals surface area (Å²) in [6, 6.07) is 0.852. The summed E-state index contributed by atoms with van der Waals surface area (Å²) < 4.78 is 0. The van der Waals surface area contributed by atoms with E-state index in [1.807, 2.05) is 0 Å². The highest BCUT2D eigenvalue weighted by molar-refractivity contribution is 4.73. The summed E-state index contributed by atoms with van der Waals surface area (Å²) in [6.45, 7) is 9.73. The summed E-state index contributed by atoms with van der Waals surface area (Å²) in [5.74, 6) is 0.958. The van der Waals surface area contributed by atoms with Crippen LogP contribution < -0.4 is 0 Å². The van der Waals surface area contributed by atoms with Gasteiger partial charge in [0.1, 0.15) is 0 Å². The Hall–Kier alpha value is -0.0400. The van der Waals surface area contributed by atoms with Crippen LogP contribution in [0.3, 0.4) is 0 Å². The second-order valence-electron chi connectivity index (χ2n) is 4.54. The quantitative estimate of drug-likeness (QED) is 0.649. The molecule has 0 radical (unpaired) electrons. The van der Waals surface area contributed by atoms with E-state index < -0.39 is 0 Å². The van der Waals surface area contributed by atoms with Crippen LogP contribution in [0.25, 0.3) is 0 Å². The molecule has 0 aromatic heterocycles.